The molecule has 23 heavy (non-hydrogen) atoms. The highest BCUT2D eigenvalue weighted by molar-refractivity contribution is 5.74. The maximum atomic E-state index is 13.2. The monoisotopic (exact) mass is 322 g/mol. The fourth-order valence-corrected chi connectivity index (χ4v) is 2.02. The summed E-state index contributed by atoms with van der Waals surface area (Å²) in [7, 11) is 0. The average Bonchev–Trinajstić information content (AvgIpc) is 3.02. The number of urea groups is 1. The van der Waals surface area contributed by atoms with Crippen LogP contribution in [0.15, 0.2) is 28.8 Å². The summed E-state index contributed by atoms with van der Waals surface area (Å²) < 4.78 is 18.4. The third-order valence-electron chi connectivity index (χ3n) is 3.27. The van der Waals surface area contributed by atoms with Crippen LogP contribution in [0.25, 0.3) is 11.4 Å². The van der Waals surface area contributed by atoms with Gasteiger partial charge in [0.15, 0.2) is 0 Å². The maximum absolute atomic E-state index is 13.2. The summed E-state index contributed by atoms with van der Waals surface area (Å²) in [6.45, 7) is 4.12. The van der Waals surface area contributed by atoms with Gasteiger partial charge in [-0.05, 0) is 26.0 Å². The molecule has 2 rings (SSSR count). The van der Waals surface area contributed by atoms with Gasteiger partial charge in [-0.1, -0.05) is 17.3 Å². The third-order valence-corrected chi connectivity index (χ3v) is 3.27. The number of aromatic nitrogens is 2. The molecule has 1 unspecified atom stereocenters. The first-order valence-corrected chi connectivity index (χ1v) is 7.31. The van der Waals surface area contributed by atoms with Crippen LogP contribution in [-0.4, -0.2) is 45.9 Å². The number of rotatable bonds is 6. The molecular weight excluding hydrogens is 303 g/mol. The Balaban J connectivity index is 2.06. The van der Waals surface area contributed by atoms with Crippen LogP contribution >= 0.6 is 0 Å². The van der Waals surface area contributed by atoms with Crippen LogP contribution in [0.5, 0.6) is 0 Å². The van der Waals surface area contributed by atoms with Gasteiger partial charge < -0.3 is 19.8 Å². The zero-order chi connectivity index (χ0) is 16.8. The predicted octanol–water partition coefficient (Wildman–Crippen LogP) is 1.96. The number of amides is 2. The SMILES string of the molecule is CCN(CCO)C(=O)NC(C)c1nc(-c2cccc(F)c2)no1. The van der Waals surface area contributed by atoms with E-state index in [1.54, 1.807) is 19.1 Å². The molecule has 1 aromatic carbocycles. The number of nitrogens with zero attached hydrogens (tertiary/aromatic N) is 3. The van der Waals surface area contributed by atoms with Gasteiger partial charge >= 0.3 is 6.03 Å². The third kappa shape index (κ3) is 4.26. The summed E-state index contributed by atoms with van der Waals surface area (Å²) in [4.78, 5) is 17.7. The number of likely N-dealkylation sites (N-methyl/N-ethyl adjacent to an activating group) is 1. The smallest absolute Gasteiger partial charge is 0.318 e. The Labute approximate surface area is 133 Å². The van der Waals surface area contributed by atoms with Crippen molar-refractivity contribution in [3.8, 4) is 11.4 Å². The van der Waals surface area contributed by atoms with E-state index in [9.17, 15) is 9.18 Å². The molecule has 2 amide bonds. The molecule has 0 radical (unpaired) electrons. The molecule has 1 heterocycles. The van der Waals surface area contributed by atoms with Gasteiger partial charge in [-0.2, -0.15) is 4.98 Å². The van der Waals surface area contributed by atoms with E-state index in [4.69, 9.17) is 9.63 Å². The highest BCUT2D eigenvalue weighted by Crippen LogP contribution is 2.19. The van der Waals surface area contributed by atoms with Gasteiger partial charge in [0.25, 0.3) is 0 Å². The highest BCUT2D eigenvalue weighted by atomic mass is 19.1. The first-order chi connectivity index (χ1) is 11.0. The summed E-state index contributed by atoms with van der Waals surface area (Å²) in [6, 6.07) is 5.01. The number of hydrogen-bond acceptors (Lipinski definition) is 5. The molecule has 124 valence electrons. The summed E-state index contributed by atoms with van der Waals surface area (Å²) in [6.07, 6.45) is 0. The molecule has 0 spiro atoms. The minimum absolute atomic E-state index is 0.111. The summed E-state index contributed by atoms with van der Waals surface area (Å²) >= 11 is 0. The Bertz CT molecular complexity index is 662. The minimum Gasteiger partial charge on any atom is -0.395 e. The number of carbonyl (C=O) groups is 1. The van der Waals surface area contributed by atoms with Gasteiger partial charge in [-0.25, -0.2) is 9.18 Å². The Hall–Kier alpha value is -2.48. The number of nitrogens with one attached hydrogen (secondary N) is 1. The van der Waals surface area contributed by atoms with E-state index in [1.165, 1.54) is 17.0 Å². The molecule has 2 N–H and O–H groups in total. The normalized spacial score (nSPS) is 12.0. The Kier molecular flexibility index (Phi) is 5.64. The number of hydrogen-bond donors (Lipinski definition) is 2. The zero-order valence-electron chi connectivity index (χ0n) is 13.0. The zero-order valence-corrected chi connectivity index (χ0v) is 13.0. The molecule has 0 aliphatic carbocycles. The lowest BCUT2D eigenvalue weighted by atomic mass is 10.2. The average molecular weight is 322 g/mol. The van der Waals surface area contributed by atoms with E-state index in [0.29, 0.717) is 12.1 Å². The van der Waals surface area contributed by atoms with E-state index in [2.05, 4.69) is 15.5 Å². The molecule has 0 bridgehead atoms. The van der Waals surface area contributed by atoms with Gasteiger partial charge in [-0.15, -0.1) is 0 Å². The second kappa shape index (κ2) is 7.68. The molecule has 2 aromatic rings. The van der Waals surface area contributed by atoms with Gasteiger partial charge in [0.2, 0.25) is 11.7 Å². The van der Waals surface area contributed by atoms with E-state index in [0.717, 1.165) is 0 Å². The molecule has 1 atom stereocenters. The number of halogens is 1. The van der Waals surface area contributed by atoms with Crippen molar-refractivity contribution in [2.45, 2.75) is 19.9 Å². The molecule has 0 fully saturated rings. The van der Waals surface area contributed by atoms with E-state index >= 15 is 0 Å². The van der Waals surface area contributed by atoms with Crippen LogP contribution in [0, 0.1) is 5.82 Å². The molecule has 0 aliphatic heterocycles. The molecule has 7 nitrogen and oxygen atoms in total. The van der Waals surface area contributed by atoms with Crippen molar-refractivity contribution in [1.82, 2.24) is 20.4 Å². The van der Waals surface area contributed by atoms with Crippen molar-refractivity contribution in [2.24, 2.45) is 0 Å². The summed E-state index contributed by atoms with van der Waals surface area (Å²) in [5.41, 5.74) is 0.494. The number of aliphatic hydroxyl groups excluding tert-OH is 1. The standard InChI is InChI=1S/C15H19FN4O3/c1-3-20(7-8-21)15(22)17-10(2)14-18-13(19-23-14)11-5-4-6-12(16)9-11/h4-6,9-10,21H,3,7-8H2,1-2H3,(H,17,22). The minimum atomic E-state index is -0.509. The molecule has 8 heteroatoms. The van der Waals surface area contributed by atoms with E-state index in [1.807, 2.05) is 6.92 Å². The first-order valence-electron chi connectivity index (χ1n) is 7.31. The number of carbonyl (C=O) groups excluding carboxylic acids is 1. The van der Waals surface area contributed by atoms with Crippen LogP contribution in [0.2, 0.25) is 0 Å². The fraction of sp³-hybridized carbons (Fsp3) is 0.400. The topological polar surface area (TPSA) is 91.5 Å². The van der Waals surface area contributed by atoms with Crippen LogP contribution in [0.1, 0.15) is 25.8 Å². The Morgan fingerprint density at radius 2 is 2.30 bits per heavy atom. The second-order valence-corrected chi connectivity index (χ2v) is 4.94. The van der Waals surface area contributed by atoms with Crippen molar-refractivity contribution in [1.29, 1.82) is 0 Å². The lowest BCUT2D eigenvalue weighted by Gasteiger charge is -2.21. The molecular formula is C15H19FN4O3. The van der Waals surface area contributed by atoms with Crippen LogP contribution in [0.3, 0.4) is 0 Å². The van der Waals surface area contributed by atoms with E-state index in [-0.39, 0.29) is 30.9 Å². The van der Waals surface area contributed by atoms with Crippen molar-refractivity contribution in [3.63, 3.8) is 0 Å². The summed E-state index contributed by atoms with van der Waals surface area (Å²) in [5.74, 6) is 0.0822. The quantitative estimate of drug-likeness (QED) is 0.848. The lowest BCUT2D eigenvalue weighted by Crippen LogP contribution is -2.42. The van der Waals surface area contributed by atoms with Gasteiger partial charge in [0.1, 0.15) is 11.9 Å². The van der Waals surface area contributed by atoms with Crippen LogP contribution in [0.4, 0.5) is 9.18 Å². The second-order valence-electron chi connectivity index (χ2n) is 4.94. The van der Waals surface area contributed by atoms with Gasteiger partial charge in [-0.3, -0.25) is 0 Å². The maximum Gasteiger partial charge on any atom is 0.318 e. The highest BCUT2D eigenvalue weighted by Gasteiger charge is 2.20. The fourth-order valence-electron chi connectivity index (χ4n) is 2.02. The van der Waals surface area contributed by atoms with Crippen molar-refractivity contribution >= 4 is 6.03 Å². The number of benzene rings is 1. The molecule has 1 aromatic heterocycles. The summed E-state index contributed by atoms with van der Waals surface area (Å²) in [5, 5.41) is 15.4. The molecule has 0 saturated heterocycles. The molecule has 0 saturated carbocycles. The predicted molar refractivity (Wildman–Crippen MR) is 81.0 cm³/mol. The van der Waals surface area contributed by atoms with Crippen molar-refractivity contribution < 1.29 is 18.8 Å². The molecule has 0 aliphatic rings. The van der Waals surface area contributed by atoms with Crippen LogP contribution in [-0.2, 0) is 0 Å². The largest absolute Gasteiger partial charge is 0.395 e. The lowest BCUT2D eigenvalue weighted by molar-refractivity contribution is 0.175. The Morgan fingerprint density at radius 3 is 2.96 bits per heavy atom. The Morgan fingerprint density at radius 1 is 1.52 bits per heavy atom. The van der Waals surface area contributed by atoms with Gasteiger partial charge in [0.05, 0.1) is 6.61 Å². The van der Waals surface area contributed by atoms with E-state index < -0.39 is 11.9 Å². The van der Waals surface area contributed by atoms with Crippen LogP contribution < -0.4 is 5.32 Å². The number of aliphatic hydroxyl groups is 1. The first kappa shape index (κ1) is 16.9. The van der Waals surface area contributed by atoms with Crippen molar-refractivity contribution in [3.05, 3.63) is 36.0 Å². The van der Waals surface area contributed by atoms with Crippen molar-refractivity contribution in [2.75, 3.05) is 19.7 Å². The van der Waals surface area contributed by atoms with Gasteiger partial charge in [0, 0.05) is 18.7 Å².